The summed E-state index contributed by atoms with van der Waals surface area (Å²) in [6, 6.07) is 7.31. The summed E-state index contributed by atoms with van der Waals surface area (Å²) in [5.41, 5.74) is 0.328. The maximum atomic E-state index is 13.0. The van der Waals surface area contributed by atoms with Crippen LogP contribution in [0.1, 0.15) is 53.5 Å². The number of hydrogen-bond donors (Lipinski definition) is 0. The molecule has 0 spiro atoms. The van der Waals surface area contributed by atoms with Gasteiger partial charge in [-0.1, -0.05) is 29.8 Å². The Hall–Kier alpha value is -2.55. The van der Waals surface area contributed by atoms with Gasteiger partial charge in [-0.25, -0.2) is 9.64 Å². The Balaban J connectivity index is 2.18. The standard InChI is InChI=1S/C23H32N2O4/c1-22(2,3)28-20(26)19(14-16-9-8-10-18(13-16)24-7)17-11-12-25(15-17)21(27)29-23(4,5)6/h8-10,13,17,19H,11-12,14-15H2,1-6H3/t17-,19-/m0/s1. The molecular formula is C23H32N2O4. The molecule has 1 fully saturated rings. The van der Waals surface area contributed by atoms with Crippen LogP contribution in [-0.4, -0.2) is 41.3 Å². The van der Waals surface area contributed by atoms with Gasteiger partial charge in [-0.3, -0.25) is 4.79 Å². The third kappa shape index (κ3) is 7.08. The summed E-state index contributed by atoms with van der Waals surface area (Å²) in [7, 11) is 0. The summed E-state index contributed by atoms with van der Waals surface area (Å²) in [5, 5.41) is 0. The highest BCUT2D eigenvalue weighted by Gasteiger charge is 2.39. The number of esters is 1. The summed E-state index contributed by atoms with van der Waals surface area (Å²) < 4.78 is 11.2. The molecule has 1 heterocycles. The first-order valence-corrected chi connectivity index (χ1v) is 10.0. The molecule has 1 aromatic carbocycles. The van der Waals surface area contributed by atoms with Crippen molar-refractivity contribution in [2.45, 2.75) is 65.6 Å². The molecule has 2 rings (SSSR count). The van der Waals surface area contributed by atoms with E-state index in [2.05, 4.69) is 4.85 Å². The number of ether oxygens (including phenoxy) is 2. The summed E-state index contributed by atoms with van der Waals surface area (Å²) in [6.07, 6.45) is 0.842. The molecule has 0 saturated carbocycles. The maximum absolute atomic E-state index is 13.0. The minimum Gasteiger partial charge on any atom is -0.460 e. The van der Waals surface area contributed by atoms with E-state index >= 15 is 0 Å². The largest absolute Gasteiger partial charge is 0.460 e. The molecule has 0 N–H and O–H groups in total. The van der Waals surface area contributed by atoms with E-state index in [1.807, 2.05) is 59.7 Å². The first-order chi connectivity index (χ1) is 13.4. The van der Waals surface area contributed by atoms with Gasteiger partial charge in [-0.2, -0.15) is 0 Å². The smallest absolute Gasteiger partial charge is 0.410 e. The minimum absolute atomic E-state index is 0.0195. The quantitative estimate of drug-likeness (QED) is 0.527. The van der Waals surface area contributed by atoms with E-state index in [1.54, 1.807) is 11.0 Å². The van der Waals surface area contributed by atoms with Gasteiger partial charge in [-0.15, -0.1) is 0 Å². The average Bonchev–Trinajstić information content (AvgIpc) is 3.06. The number of hydrogen-bond acceptors (Lipinski definition) is 4. The number of nitrogens with zero attached hydrogens (tertiary/aromatic N) is 2. The predicted molar refractivity (Wildman–Crippen MR) is 112 cm³/mol. The summed E-state index contributed by atoms with van der Waals surface area (Å²) in [4.78, 5) is 30.6. The fraction of sp³-hybridized carbons (Fsp3) is 0.609. The molecule has 6 nitrogen and oxygen atoms in total. The Bertz CT molecular complexity index is 783. The number of carbonyl (C=O) groups excluding carboxylic acids is 2. The van der Waals surface area contributed by atoms with Crippen LogP contribution in [0.4, 0.5) is 10.5 Å². The van der Waals surface area contributed by atoms with Crippen molar-refractivity contribution >= 4 is 17.7 Å². The molecular weight excluding hydrogens is 368 g/mol. The number of amides is 1. The van der Waals surface area contributed by atoms with Gasteiger partial charge >= 0.3 is 12.1 Å². The Kier molecular flexibility index (Phi) is 6.94. The highest BCUT2D eigenvalue weighted by Crippen LogP contribution is 2.31. The number of likely N-dealkylation sites (tertiary alicyclic amines) is 1. The Morgan fingerprint density at radius 1 is 1.17 bits per heavy atom. The normalized spacial score (nSPS) is 18.1. The Morgan fingerprint density at radius 2 is 1.83 bits per heavy atom. The molecule has 29 heavy (non-hydrogen) atoms. The molecule has 1 amide bonds. The molecule has 0 radical (unpaired) electrons. The van der Waals surface area contributed by atoms with Crippen LogP contribution in [0, 0.1) is 18.4 Å². The molecule has 1 saturated heterocycles. The first-order valence-electron chi connectivity index (χ1n) is 10.0. The van der Waals surface area contributed by atoms with E-state index in [0.717, 1.165) is 5.56 Å². The van der Waals surface area contributed by atoms with Crippen molar-refractivity contribution < 1.29 is 19.1 Å². The van der Waals surface area contributed by atoms with Crippen LogP contribution >= 0.6 is 0 Å². The van der Waals surface area contributed by atoms with Crippen LogP contribution in [0.5, 0.6) is 0 Å². The van der Waals surface area contributed by atoms with Crippen molar-refractivity contribution in [3.8, 4) is 0 Å². The lowest BCUT2D eigenvalue weighted by Gasteiger charge is -2.28. The minimum atomic E-state index is -0.586. The van der Waals surface area contributed by atoms with Crippen molar-refractivity contribution in [2.24, 2.45) is 11.8 Å². The number of carbonyl (C=O) groups is 2. The molecule has 0 aromatic heterocycles. The average molecular weight is 401 g/mol. The van der Waals surface area contributed by atoms with Crippen LogP contribution in [0.15, 0.2) is 24.3 Å². The van der Waals surface area contributed by atoms with Crippen molar-refractivity contribution in [2.75, 3.05) is 13.1 Å². The lowest BCUT2D eigenvalue weighted by Crippen LogP contribution is -2.38. The van der Waals surface area contributed by atoms with Gasteiger partial charge in [0.1, 0.15) is 11.2 Å². The highest BCUT2D eigenvalue weighted by molar-refractivity contribution is 5.74. The van der Waals surface area contributed by atoms with Crippen LogP contribution < -0.4 is 0 Å². The van der Waals surface area contributed by atoms with Crippen molar-refractivity contribution in [1.29, 1.82) is 0 Å². The summed E-state index contributed by atoms with van der Waals surface area (Å²) in [5.74, 6) is -0.668. The van der Waals surface area contributed by atoms with Crippen LogP contribution in [0.25, 0.3) is 4.85 Å². The van der Waals surface area contributed by atoms with E-state index in [4.69, 9.17) is 16.0 Å². The number of rotatable bonds is 4. The van der Waals surface area contributed by atoms with Gasteiger partial charge in [0.25, 0.3) is 0 Å². The van der Waals surface area contributed by atoms with E-state index < -0.39 is 11.2 Å². The predicted octanol–water partition coefficient (Wildman–Crippen LogP) is 4.99. The van der Waals surface area contributed by atoms with Crippen molar-refractivity contribution in [1.82, 2.24) is 4.90 Å². The lowest BCUT2D eigenvalue weighted by molar-refractivity contribution is -0.161. The molecule has 1 aliphatic heterocycles. The molecule has 1 aliphatic rings. The molecule has 0 aliphatic carbocycles. The second kappa shape index (κ2) is 8.86. The zero-order chi connectivity index (χ0) is 21.8. The lowest BCUT2D eigenvalue weighted by atomic mass is 9.86. The van der Waals surface area contributed by atoms with Crippen LogP contribution in [-0.2, 0) is 20.7 Å². The Morgan fingerprint density at radius 3 is 2.41 bits per heavy atom. The van der Waals surface area contributed by atoms with E-state index in [-0.39, 0.29) is 23.9 Å². The second-order valence-corrected chi connectivity index (χ2v) is 9.60. The summed E-state index contributed by atoms with van der Waals surface area (Å²) in [6.45, 7) is 19.3. The van der Waals surface area contributed by atoms with Gasteiger partial charge in [0.05, 0.1) is 12.5 Å². The van der Waals surface area contributed by atoms with E-state index in [1.165, 1.54) is 0 Å². The van der Waals surface area contributed by atoms with Gasteiger partial charge in [0, 0.05) is 13.1 Å². The van der Waals surface area contributed by atoms with Crippen molar-refractivity contribution in [3.63, 3.8) is 0 Å². The van der Waals surface area contributed by atoms with Crippen molar-refractivity contribution in [3.05, 3.63) is 41.2 Å². The monoisotopic (exact) mass is 400 g/mol. The first kappa shape index (κ1) is 22.7. The van der Waals surface area contributed by atoms with Gasteiger partial charge < -0.3 is 14.4 Å². The molecule has 1 aromatic rings. The molecule has 158 valence electrons. The molecule has 0 bridgehead atoms. The zero-order valence-corrected chi connectivity index (χ0v) is 18.3. The molecule has 6 heteroatoms. The van der Waals surface area contributed by atoms with Crippen LogP contribution in [0.3, 0.4) is 0 Å². The SMILES string of the molecule is [C-]#[N+]c1cccc(C[C@H](C(=O)OC(C)(C)C)[C@H]2CCN(C(=O)OC(C)(C)C)C2)c1. The molecule has 0 unspecified atom stereocenters. The highest BCUT2D eigenvalue weighted by atomic mass is 16.6. The van der Waals surface area contributed by atoms with Crippen LogP contribution in [0.2, 0.25) is 0 Å². The van der Waals surface area contributed by atoms with Gasteiger partial charge in [-0.05, 0) is 60.3 Å². The fourth-order valence-electron chi connectivity index (χ4n) is 3.43. The third-order valence-electron chi connectivity index (χ3n) is 4.65. The Labute approximate surface area is 174 Å². The van der Waals surface area contributed by atoms with Gasteiger partial charge in [0.15, 0.2) is 5.69 Å². The number of benzene rings is 1. The second-order valence-electron chi connectivity index (χ2n) is 9.60. The van der Waals surface area contributed by atoms with E-state index in [0.29, 0.717) is 31.6 Å². The molecule has 2 atom stereocenters. The zero-order valence-electron chi connectivity index (χ0n) is 18.3. The maximum Gasteiger partial charge on any atom is 0.410 e. The summed E-state index contributed by atoms with van der Waals surface area (Å²) >= 11 is 0. The van der Waals surface area contributed by atoms with Gasteiger partial charge in [0.2, 0.25) is 0 Å². The third-order valence-corrected chi connectivity index (χ3v) is 4.65. The topological polar surface area (TPSA) is 60.2 Å². The van der Waals surface area contributed by atoms with E-state index in [9.17, 15) is 9.59 Å². The fourth-order valence-corrected chi connectivity index (χ4v) is 3.43.